The van der Waals surface area contributed by atoms with E-state index in [1.54, 1.807) is 0 Å². The molecule has 9 nitrogen and oxygen atoms in total. The topological polar surface area (TPSA) is 140 Å². The Balaban J connectivity index is 2.20. The molecule has 1 aliphatic rings. The second-order valence-corrected chi connectivity index (χ2v) is 6.55. The lowest BCUT2D eigenvalue weighted by molar-refractivity contribution is -0.144. The molecule has 1 fully saturated rings. The molecular formula is C10H13N3O6S. The molecule has 1 aromatic heterocycles. The third-order valence-corrected chi connectivity index (χ3v) is 5.21. The standard InChI is InChI=1S/C10H13N3O6S/c1-5(9(15)16)6-3-13(4-6)20(18,19)7-2-11-10(17)12-8(7)14/h2,5-6H,3-4H2,1H3,(H,15,16)(H2,11,12,14,17). The van der Waals surface area contributed by atoms with Gasteiger partial charge in [0.1, 0.15) is 0 Å². The van der Waals surface area contributed by atoms with Crippen molar-refractivity contribution in [2.75, 3.05) is 13.1 Å². The van der Waals surface area contributed by atoms with Crippen LogP contribution in [0.25, 0.3) is 0 Å². The van der Waals surface area contributed by atoms with Gasteiger partial charge in [-0.3, -0.25) is 14.6 Å². The molecule has 0 radical (unpaired) electrons. The smallest absolute Gasteiger partial charge is 0.325 e. The molecule has 0 spiro atoms. The Bertz CT molecular complexity index is 743. The van der Waals surface area contributed by atoms with Gasteiger partial charge < -0.3 is 10.1 Å². The van der Waals surface area contributed by atoms with Gasteiger partial charge >= 0.3 is 11.7 Å². The van der Waals surface area contributed by atoms with Crippen LogP contribution < -0.4 is 11.2 Å². The Morgan fingerprint density at radius 3 is 2.55 bits per heavy atom. The van der Waals surface area contributed by atoms with Gasteiger partial charge in [-0.25, -0.2) is 13.2 Å². The van der Waals surface area contributed by atoms with E-state index in [0.29, 0.717) is 0 Å². The Morgan fingerprint density at radius 1 is 1.45 bits per heavy atom. The first kappa shape index (κ1) is 14.5. The molecular weight excluding hydrogens is 290 g/mol. The summed E-state index contributed by atoms with van der Waals surface area (Å²) in [5.41, 5.74) is -1.79. The molecule has 0 aliphatic carbocycles. The van der Waals surface area contributed by atoms with Crippen LogP contribution in [-0.4, -0.2) is 46.9 Å². The van der Waals surface area contributed by atoms with E-state index in [4.69, 9.17) is 5.11 Å². The number of sulfonamides is 1. The van der Waals surface area contributed by atoms with Crippen molar-refractivity contribution in [1.29, 1.82) is 0 Å². The predicted molar refractivity (Wildman–Crippen MR) is 66.7 cm³/mol. The zero-order valence-electron chi connectivity index (χ0n) is 10.5. The van der Waals surface area contributed by atoms with Gasteiger partial charge in [-0.05, 0) is 5.92 Å². The molecule has 1 aromatic rings. The first-order valence-corrected chi connectivity index (χ1v) is 7.22. The largest absolute Gasteiger partial charge is 0.481 e. The highest BCUT2D eigenvalue weighted by molar-refractivity contribution is 7.89. The average Bonchev–Trinajstić information content (AvgIpc) is 2.25. The average molecular weight is 303 g/mol. The molecule has 20 heavy (non-hydrogen) atoms. The van der Waals surface area contributed by atoms with E-state index in [-0.39, 0.29) is 19.0 Å². The van der Waals surface area contributed by atoms with Gasteiger partial charge in [0.25, 0.3) is 5.56 Å². The number of nitrogens with one attached hydrogen (secondary N) is 2. The lowest BCUT2D eigenvalue weighted by Gasteiger charge is -2.39. The van der Waals surface area contributed by atoms with Crippen molar-refractivity contribution < 1.29 is 18.3 Å². The van der Waals surface area contributed by atoms with E-state index in [1.165, 1.54) is 6.92 Å². The molecule has 3 N–H and O–H groups in total. The minimum atomic E-state index is -4.02. The molecule has 10 heteroatoms. The second-order valence-electron chi connectivity index (χ2n) is 4.65. The molecule has 1 saturated heterocycles. The lowest BCUT2D eigenvalue weighted by Crippen LogP contribution is -2.54. The van der Waals surface area contributed by atoms with Gasteiger partial charge in [0, 0.05) is 19.3 Å². The van der Waals surface area contributed by atoms with E-state index in [0.717, 1.165) is 10.5 Å². The van der Waals surface area contributed by atoms with Crippen molar-refractivity contribution in [3.05, 3.63) is 27.0 Å². The number of aromatic amines is 2. The Morgan fingerprint density at radius 2 is 2.05 bits per heavy atom. The summed E-state index contributed by atoms with van der Waals surface area (Å²) in [5.74, 6) is -1.94. The first-order chi connectivity index (χ1) is 9.23. The van der Waals surface area contributed by atoms with Crippen LogP contribution in [0.4, 0.5) is 0 Å². The molecule has 0 bridgehead atoms. The number of aliphatic carboxylic acids is 1. The van der Waals surface area contributed by atoms with Crippen molar-refractivity contribution >= 4 is 16.0 Å². The summed E-state index contributed by atoms with van der Waals surface area (Å²) in [6.07, 6.45) is 0.838. The number of hydrogen-bond donors (Lipinski definition) is 3. The van der Waals surface area contributed by atoms with Crippen molar-refractivity contribution in [3.63, 3.8) is 0 Å². The highest BCUT2D eigenvalue weighted by atomic mass is 32.2. The van der Waals surface area contributed by atoms with Crippen molar-refractivity contribution in [2.24, 2.45) is 11.8 Å². The minimum absolute atomic E-state index is 0.0361. The van der Waals surface area contributed by atoms with Gasteiger partial charge in [-0.15, -0.1) is 0 Å². The number of carbonyl (C=O) groups is 1. The summed E-state index contributed by atoms with van der Waals surface area (Å²) in [7, 11) is -4.02. The molecule has 1 unspecified atom stereocenters. The SMILES string of the molecule is CC(C(=O)O)C1CN(S(=O)(=O)c2c[nH]c(=O)[nH]c2=O)C1. The Kier molecular flexibility index (Phi) is 3.52. The number of rotatable bonds is 4. The second kappa shape index (κ2) is 4.87. The van der Waals surface area contributed by atoms with Gasteiger partial charge in [0.2, 0.25) is 10.0 Å². The number of nitrogens with zero attached hydrogens (tertiary/aromatic N) is 1. The predicted octanol–water partition coefficient (Wildman–Crippen LogP) is -1.60. The van der Waals surface area contributed by atoms with E-state index in [1.807, 2.05) is 4.98 Å². The zero-order valence-corrected chi connectivity index (χ0v) is 11.3. The number of hydrogen-bond acceptors (Lipinski definition) is 5. The first-order valence-electron chi connectivity index (χ1n) is 5.78. The number of aromatic nitrogens is 2. The molecule has 0 aromatic carbocycles. The summed E-state index contributed by atoms with van der Waals surface area (Å²) in [4.78, 5) is 36.5. The maximum atomic E-state index is 12.1. The maximum absolute atomic E-state index is 12.1. The lowest BCUT2D eigenvalue weighted by atomic mass is 9.89. The number of carboxylic acids is 1. The van der Waals surface area contributed by atoms with Crippen molar-refractivity contribution in [3.8, 4) is 0 Å². The molecule has 110 valence electrons. The van der Waals surface area contributed by atoms with Crippen molar-refractivity contribution in [2.45, 2.75) is 11.8 Å². The van der Waals surface area contributed by atoms with Crippen LogP contribution >= 0.6 is 0 Å². The van der Waals surface area contributed by atoms with Crippen LogP contribution in [-0.2, 0) is 14.8 Å². The fourth-order valence-corrected chi connectivity index (χ4v) is 3.46. The highest BCUT2D eigenvalue weighted by Crippen LogP contribution is 2.28. The monoisotopic (exact) mass is 303 g/mol. The molecule has 1 atom stereocenters. The number of carboxylic acid groups (broad SMARTS) is 1. The fourth-order valence-electron chi connectivity index (χ4n) is 1.91. The van der Waals surface area contributed by atoms with Crippen LogP contribution in [0.1, 0.15) is 6.92 Å². The summed E-state index contributed by atoms with van der Waals surface area (Å²) in [5, 5.41) is 8.84. The van der Waals surface area contributed by atoms with E-state index >= 15 is 0 Å². The number of H-pyrrole nitrogens is 2. The Hall–Kier alpha value is -1.94. The van der Waals surface area contributed by atoms with E-state index in [2.05, 4.69) is 4.98 Å². The van der Waals surface area contributed by atoms with E-state index < -0.39 is 38.1 Å². The quantitative estimate of drug-likeness (QED) is 0.612. The molecule has 1 aliphatic heterocycles. The van der Waals surface area contributed by atoms with Crippen LogP contribution in [0.15, 0.2) is 20.7 Å². The Labute approximate surface area is 113 Å². The third kappa shape index (κ3) is 2.39. The highest BCUT2D eigenvalue weighted by Gasteiger charge is 2.42. The van der Waals surface area contributed by atoms with Gasteiger partial charge in [0.15, 0.2) is 4.90 Å². The van der Waals surface area contributed by atoms with Crippen LogP contribution in [0.3, 0.4) is 0 Å². The summed E-state index contributed by atoms with van der Waals surface area (Å²) in [6.45, 7) is 1.58. The molecule has 0 saturated carbocycles. The molecule has 2 heterocycles. The summed E-state index contributed by atoms with van der Waals surface area (Å²) in [6, 6.07) is 0. The van der Waals surface area contributed by atoms with Crippen LogP contribution in [0, 0.1) is 11.8 Å². The zero-order chi connectivity index (χ0) is 15.1. The molecule has 2 rings (SSSR count). The summed E-state index contributed by atoms with van der Waals surface area (Å²) < 4.78 is 25.3. The third-order valence-electron chi connectivity index (χ3n) is 3.38. The van der Waals surface area contributed by atoms with Gasteiger partial charge in [0.05, 0.1) is 5.92 Å². The van der Waals surface area contributed by atoms with E-state index in [9.17, 15) is 22.8 Å². The van der Waals surface area contributed by atoms with Gasteiger partial charge in [-0.2, -0.15) is 4.31 Å². The van der Waals surface area contributed by atoms with Crippen molar-refractivity contribution in [1.82, 2.24) is 14.3 Å². The summed E-state index contributed by atoms with van der Waals surface area (Å²) >= 11 is 0. The van der Waals surface area contributed by atoms with Crippen LogP contribution in [0.5, 0.6) is 0 Å². The molecule has 0 amide bonds. The normalized spacial score (nSPS) is 18.4. The minimum Gasteiger partial charge on any atom is -0.481 e. The fraction of sp³-hybridized carbons (Fsp3) is 0.500. The maximum Gasteiger partial charge on any atom is 0.325 e. The van der Waals surface area contributed by atoms with Gasteiger partial charge in [-0.1, -0.05) is 6.92 Å². The van der Waals surface area contributed by atoms with Crippen LogP contribution in [0.2, 0.25) is 0 Å².